The molecule has 0 aromatic heterocycles. The number of carbonyl (C=O) groups is 2. The lowest BCUT2D eigenvalue weighted by molar-refractivity contribution is -0.137. The predicted octanol–water partition coefficient (Wildman–Crippen LogP) is 3.61. The standard InChI is InChI=1S/C17H23ClN2O2/c1-11(2)12-7-3-5-9-14(12)19-16(21)17(22)20-15-10-6-4-8-13(15)18/h4,6,8,10-12,14H,3,5,7,9H2,1-2H3,(H,19,21)(H,20,22). The molecule has 120 valence electrons. The van der Waals surface area contributed by atoms with Crippen LogP contribution in [0.2, 0.25) is 5.02 Å². The molecule has 1 aliphatic rings. The molecular weight excluding hydrogens is 300 g/mol. The Morgan fingerprint density at radius 2 is 1.82 bits per heavy atom. The lowest BCUT2D eigenvalue weighted by atomic mass is 9.78. The van der Waals surface area contributed by atoms with Crippen LogP contribution in [0.3, 0.4) is 0 Å². The summed E-state index contributed by atoms with van der Waals surface area (Å²) in [6, 6.07) is 6.96. The van der Waals surface area contributed by atoms with Crippen LogP contribution in [0.25, 0.3) is 0 Å². The number of nitrogens with one attached hydrogen (secondary N) is 2. The van der Waals surface area contributed by atoms with E-state index < -0.39 is 11.8 Å². The Labute approximate surface area is 136 Å². The first-order valence-corrected chi connectivity index (χ1v) is 8.23. The van der Waals surface area contributed by atoms with E-state index in [0.717, 1.165) is 19.3 Å². The van der Waals surface area contributed by atoms with E-state index in [1.165, 1.54) is 6.42 Å². The van der Waals surface area contributed by atoms with Gasteiger partial charge in [0, 0.05) is 6.04 Å². The third-order valence-corrected chi connectivity index (χ3v) is 4.65. The first-order chi connectivity index (χ1) is 10.5. The first kappa shape index (κ1) is 16.8. The minimum absolute atomic E-state index is 0.0817. The Kier molecular flexibility index (Phi) is 5.83. The number of para-hydroxylation sites is 1. The highest BCUT2D eigenvalue weighted by molar-refractivity contribution is 6.41. The van der Waals surface area contributed by atoms with Crippen molar-refractivity contribution in [2.24, 2.45) is 11.8 Å². The van der Waals surface area contributed by atoms with Gasteiger partial charge in [-0.25, -0.2) is 0 Å². The van der Waals surface area contributed by atoms with Crippen molar-refractivity contribution >= 4 is 29.1 Å². The average Bonchev–Trinajstić information content (AvgIpc) is 2.49. The van der Waals surface area contributed by atoms with Gasteiger partial charge in [0.2, 0.25) is 0 Å². The van der Waals surface area contributed by atoms with Crippen LogP contribution in [0.15, 0.2) is 24.3 Å². The van der Waals surface area contributed by atoms with E-state index in [-0.39, 0.29) is 6.04 Å². The largest absolute Gasteiger partial charge is 0.345 e. The van der Waals surface area contributed by atoms with Crippen molar-refractivity contribution in [3.8, 4) is 0 Å². The molecule has 0 aliphatic heterocycles. The van der Waals surface area contributed by atoms with Gasteiger partial charge in [0.05, 0.1) is 10.7 Å². The Bertz CT molecular complexity index is 545. The van der Waals surface area contributed by atoms with Crippen LogP contribution in [0.4, 0.5) is 5.69 Å². The molecule has 2 rings (SSSR count). The first-order valence-electron chi connectivity index (χ1n) is 7.85. The Morgan fingerprint density at radius 1 is 1.14 bits per heavy atom. The molecule has 5 heteroatoms. The number of amides is 2. The fourth-order valence-corrected chi connectivity index (χ4v) is 3.30. The van der Waals surface area contributed by atoms with Gasteiger partial charge in [0.1, 0.15) is 0 Å². The summed E-state index contributed by atoms with van der Waals surface area (Å²) >= 11 is 5.98. The van der Waals surface area contributed by atoms with Crippen LogP contribution in [0.1, 0.15) is 39.5 Å². The Hall–Kier alpha value is -1.55. The Balaban J connectivity index is 1.96. The molecule has 0 saturated heterocycles. The third-order valence-electron chi connectivity index (χ3n) is 4.32. The molecule has 1 aromatic carbocycles. The second kappa shape index (κ2) is 7.63. The van der Waals surface area contributed by atoms with Crippen LogP contribution in [0, 0.1) is 11.8 Å². The number of rotatable bonds is 3. The highest BCUT2D eigenvalue weighted by Gasteiger charge is 2.30. The number of halogens is 1. The fourth-order valence-electron chi connectivity index (χ4n) is 3.11. The molecule has 2 unspecified atom stereocenters. The summed E-state index contributed by atoms with van der Waals surface area (Å²) in [4.78, 5) is 24.2. The molecule has 1 aromatic rings. The molecule has 2 atom stereocenters. The van der Waals surface area contributed by atoms with Gasteiger partial charge in [-0.1, -0.05) is 50.4 Å². The zero-order valence-corrected chi connectivity index (χ0v) is 13.8. The second-order valence-electron chi connectivity index (χ2n) is 6.21. The highest BCUT2D eigenvalue weighted by Crippen LogP contribution is 2.30. The van der Waals surface area contributed by atoms with E-state index in [4.69, 9.17) is 11.6 Å². The molecule has 0 heterocycles. The van der Waals surface area contributed by atoms with Crippen molar-refractivity contribution in [3.05, 3.63) is 29.3 Å². The zero-order chi connectivity index (χ0) is 16.1. The summed E-state index contributed by atoms with van der Waals surface area (Å²) in [6.45, 7) is 4.33. The molecule has 0 spiro atoms. The molecule has 1 aliphatic carbocycles. The van der Waals surface area contributed by atoms with Gasteiger partial charge in [-0.2, -0.15) is 0 Å². The smallest absolute Gasteiger partial charge is 0.313 e. The molecular formula is C17H23ClN2O2. The summed E-state index contributed by atoms with van der Waals surface area (Å²) in [5.41, 5.74) is 0.452. The molecule has 0 radical (unpaired) electrons. The maximum atomic E-state index is 12.1. The highest BCUT2D eigenvalue weighted by atomic mass is 35.5. The number of carbonyl (C=O) groups excluding carboxylic acids is 2. The molecule has 4 nitrogen and oxygen atoms in total. The van der Waals surface area contributed by atoms with E-state index in [0.29, 0.717) is 22.5 Å². The average molecular weight is 323 g/mol. The van der Waals surface area contributed by atoms with Crippen LogP contribution in [0.5, 0.6) is 0 Å². The summed E-state index contributed by atoms with van der Waals surface area (Å²) in [6.07, 6.45) is 4.34. The fraction of sp³-hybridized carbons (Fsp3) is 0.529. The van der Waals surface area contributed by atoms with E-state index in [9.17, 15) is 9.59 Å². The zero-order valence-electron chi connectivity index (χ0n) is 13.1. The molecule has 2 amide bonds. The van der Waals surface area contributed by atoms with Crippen molar-refractivity contribution in [1.29, 1.82) is 0 Å². The lowest BCUT2D eigenvalue weighted by Crippen LogP contribution is -2.47. The molecule has 1 fully saturated rings. The molecule has 2 N–H and O–H groups in total. The van der Waals surface area contributed by atoms with Crippen molar-refractivity contribution in [3.63, 3.8) is 0 Å². The number of hydrogen-bond acceptors (Lipinski definition) is 2. The monoisotopic (exact) mass is 322 g/mol. The van der Waals surface area contributed by atoms with Crippen molar-refractivity contribution in [2.45, 2.75) is 45.6 Å². The maximum Gasteiger partial charge on any atom is 0.313 e. The predicted molar refractivity (Wildman–Crippen MR) is 88.8 cm³/mol. The summed E-state index contributed by atoms with van der Waals surface area (Å²) in [5.74, 6) is -0.318. The van der Waals surface area contributed by atoms with Gasteiger partial charge in [-0.15, -0.1) is 0 Å². The summed E-state index contributed by atoms with van der Waals surface area (Å²) < 4.78 is 0. The van der Waals surface area contributed by atoms with Crippen LogP contribution < -0.4 is 10.6 Å². The quantitative estimate of drug-likeness (QED) is 0.835. The third kappa shape index (κ3) is 4.23. The van der Waals surface area contributed by atoms with Crippen LogP contribution in [-0.4, -0.2) is 17.9 Å². The number of anilines is 1. The minimum atomic E-state index is -0.666. The summed E-state index contributed by atoms with van der Waals surface area (Å²) in [7, 11) is 0. The minimum Gasteiger partial charge on any atom is -0.345 e. The topological polar surface area (TPSA) is 58.2 Å². The Morgan fingerprint density at radius 3 is 2.50 bits per heavy atom. The van der Waals surface area contributed by atoms with Gasteiger partial charge in [-0.3, -0.25) is 9.59 Å². The van der Waals surface area contributed by atoms with Gasteiger partial charge >= 0.3 is 11.8 Å². The SMILES string of the molecule is CC(C)C1CCCCC1NC(=O)C(=O)Nc1ccccc1Cl. The van der Waals surface area contributed by atoms with Crippen LogP contribution in [-0.2, 0) is 9.59 Å². The van der Waals surface area contributed by atoms with Crippen molar-refractivity contribution in [2.75, 3.05) is 5.32 Å². The normalized spacial score (nSPS) is 21.5. The number of hydrogen-bond donors (Lipinski definition) is 2. The summed E-state index contributed by atoms with van der Waals surface area (Å²) in [5, 5.41) is 5.87. The maximum absolute atomic E-state index is 12.1. The second-order valence-corrected chi connectivity index (χ2v) is 6.61. The van der Waals surface area contributed by atoms with Gasteiger partial charge in [-0.05, 0) is 36.8 Å². The van der Waals surface area contributed by atoms with E-state index in [2.05, 4.69) is 24.5 Å². The van der Waals surface area contributed by atoms with E-state index >= 15 is 0 Å². The number of benzene rings is 1. The molecule has 1 saturated carbocycles. The van der Waals surface area contributed by atoms with Crippen molar-refractivity contribution in [1.82, 2.24) is 5.32 Å². The van der Waals surface area contributed by atoms with Gasteiger partial charge < -0.3 is 10.6 Å². The van der Waals surface area contributed by atoms with Gasteiger partial charge in [0.25, 0.3) is 0 Å². The van der Waals surface area contributed by atoms with E-state index in [1.807, 2.05) is 0 Å². The molecule has 0 bridgehead atoms. The van der Waals surface area contributed by atoms with Crippen molar-refractivity contribution < 1.29 is 9.59 Å². The lowest BCUT2D eigenvalue weighted by Gasteiger charge is -2.34. The van der Waals surface area contributed by atoms with E-state index in [1.54, 1.807) is 24.3 Å². The van der Waals surface area contributed by atoms with Crippen LogP contribution >= 0.6 is 11.6 Å². The molecule has 22 heavy (non-hydrogen) atoms. The van der Waals surface area contributed by atoms with Gasteiger partial charge in [0.15, 0.2) is 0 Å².